The highest BCUT2D eigenvalue weighted by atomic mass is 127. The number of benzene rings is 1. The summed E-state index contributed by atoms with van der Waals surface area (Å²) in [6.45, 7) is 6.14. The quantitative estimate of drug-likeness (QED) is 0.237. The van der Waals surface area contributed by atoms with E-state index in [2.05, 4.69) is 57.5 Å². The van der Waals surface area contributed by atoms with Gasteiger partial charge in [0.15, 0.2) is 5.96 Å². The van der Waals surface area contributed by atoms with Gasteiger partial charge in [-0.15, -0.1) is 24.0 Å². The highest BCUT2D eigenvalue weighted by Gasteiger charge is 2.24. The van der Waals surface area contributed by atoms with E-state index >= 15 is 0 Å². The van der Waals surface area contributed by atoms with E-state index in [1.165, 1.54) is 5.69 Å². The third-order valence-corrected chi connectivity index (χ3v) is 4.73. The summed E-state index contributed by atoms with van der Waals surface area (Å²) in [4.78, 5) is 9.07. The van der Waals surface area contributed by atoms with Crippen LogP contribution in [0.4, 0.5) is 5.69 Å². The van der Waals surface area contributed by atoms with Crippen molar-refractivity contribution in [1.82, 2.24) is 10.2 Å². The lowest BCUT2D eigenvalue weighted by Gasteiger charge is -2.23. The van der Waals surface area contributed by atoms with E-state index in [4.69, 9.17) is 9.47 Å². The monoisotopic (exact) mass is 490 g/mol. The molecule has 1 aliphatic rings. The SMILES string of the molecule is CN=C(NCCCN(C)c1ccccc1)N1CCC(COCCOC)C1.I. The molecule has 0 aliphatic carbocycles. The predicted molar refractivity (Wildman–Crippen MR) is 123 cm³/mol. The van der Waals surface area contributed by atoms with Crippen LogP contribution in [-0.2, 0) is 9.47 Å². The standard InChI is InChI=1S/C20H34N4O2.HI/c1-21-20(24-13-10-18(16-24)17-26-15-14-25-3)22-11-7-12-23(2)19-8-5-4-6-9-19;/h4-6,8-9,18H,7,10-17H2,1-3H3,(H,21,22);1H. The van der Waals surface area contributed by atoms with E-state index in [1.807, 2.05) is 7.05 Å². The van der Waals surface area contributed by atoms with Crippen molar-refractivity contribution in [2.75, 3.05) is 72.1 Å². The van der Waals surface area contributed by atoms with E-state index < -0.39 is 0 Å². The van der Waals surface area contributed by atoms with Crippen molar-refractivity contribution in [1.29, 1.82) is 0 Å². The number of para-hydroxylation sites is 1. The van der Waals surface area contributed by atoms with Gasteiger partial charge >= 0.3 is 0 Å². The maximum absolute atomic E-state index is 5.67. The van der Waals surface area contributed by atoms with Crippen molar-refractivity contribution >= 4 is 35.6 Å². The average molecular weight is 490 g/mol. The number of guanidine groups is 1. The Labute approximate surface area is 181 Å². The number of likely N-dealkylation sites (tertiary alicyclic amines) is 1. The normalized spacial score (nSPS) is 16.9. The summed E-state index contributed by atoms with van der Waals surface area (Å²) >= 11 is 0. The number of ether oxygens (including phenoxy) is 2. The first kappa shape index (κ1) is 24.0. The van der Waals surface area contributed by atoms with Gasteiger partial charge in [-0.1, -0.05) is 18.2 Å². The molecule has 1 fully saturated rings. The Morgan fingerprint density at radius 1 is 1.30 bits per heavy atom. The van der Waals surface area contributed by atoms with E-state index in [9.17, 15) is 0 Å². The number of anilines is 1. The fourth-order valence-electron chi connectivity index (χ4n) is 3.21. The maximum Gasteiger partial charge on any atom is 0.193 e. The highest BCUT2D eigenvalue weighted by molar-refractivity contribution is 14.0. The molecular weight excluding hydrogens is 455 g/mol. The van der Waals surface area contributed by atoms with Gasteiger partial charge in [0.1, 0.15) is 0 Å². The molecule has 0 amide bonds. The molecule has 1 N–H and O–H groups in total. The van der Waals surface area contributed by atoms with Crippen molar-refractivity contribution in [3.05, 3.63) is 30.3 Å². The van der Waals surface area contributed by atoms with Crippen LogP contribution < -0.4 is 10.2 Å². The Kier molecular flexibility index (Phi) is 12.4. The molecule has 27 heavy (non-hydrogen) atoms. The largest absolute Gasteiger partial charge is 0.382 e. The van der Waals surface area contributed by atoms with Gasteiger partial charge in [0.2, 0.25) is 0 Å². The van der Waals surface area contributed by atoms with Gasteiger partial charge in [-0.2, -0.15) is 0 Å². The fraction of sp³-hybridized carbons (Fsp3) is 0.650. The lowest BCUT2D eigenvalue weighted by Crippen LogP contribution is -2.41. The van der Waals surface area contributed by atoms with E-state index in [0.29, 0.717) is 19.1 Å². The van der Waals surface area contributed by atoms with Crippen molar-refractivity contribution < 1.29 is 9.47 Å². The topological polar surface area (TPSA) is 49.3 Å². The van der Waals surface area contributed by atoms with Crippen molar-refractivity contribution in [2.45, 2.75) is 12.8 Å². The molecule has 1 aliphatic heterocycles. The lowest BCUT2D eigenvalue weighted by atomic mass is 10.1. The van der Waals surface area contributed by atoms with E-state index in [0.717, 1.165) is 51.6 Å². The molecule has 6 nitrogen and oxygen atoms in total. The molecule has 2 rings (SSSR count). The molecule has 1 unspecified atom stereocenters. The molecule has 0 saturated carbocycles. The summed E-state index contributed by atoms with van der Waals surface area (Å²) in [5.74, 6) is 1.58. The lowest BCUT2D eigenvalue weighted by molar-refractivity contribution is 0.0536. The van der Waals surface area contributed by atoms with Crippen LogP contribution in [0, 0.1) is 5.92 Å². The second kappa shape index (κ2) is 14.0. The van der Waals surface area contributed by atoms with E-state index in [-0.39, 0.29) is 24.0 Å². The van der Waals surface area contributed by atoms with Crippen LogP contribution in [0.3, 0.4) is 0 Å². The molecule has 1 aromatic rings. The summed E-state index contributed by atoms with van der Waals surface area (Å²) in [7, 11) is 5.70. The second-order valence-electron chi connectivity index (χ2n) is 6.75. The van der Waals surface area contributed by atoms with Crippen molar-refractivity contribution in [3.63, 3.8) is 0 Å². The fourth-order valence-corrected chi connectivity index (χ4v) is 3.21. The average Bonchev–Trinajstić information content (AvgIpc) is 3.14. The van der Waals surface area contributed by atoms with Crippen LogP contribution in [0.5, 0.6) is 0 Å². The zero-order valence-corrected chi connectivity index (χ0v) is 19.2. The molecule has 0 aromatic heterocycles. The van der Waals surface area contributed by atoms with Gasteiger partial charge in [0, 0.05) is 59.0 Å². The van der Waals surface area contributed by atoms with E-state index in [1.54, 1.807) is 7.11 Å². The first-order valence-corrected chi connectivity index (χ1v) is 9.53. The van der Waals surface area contributed by atoms with Crippen LogP contribution in [-0.4, -0.2) is 78.1 Å². The minimum atomic E-state index is 0. The Hall–Kier alpha value is -1.06. The molecule has 1 heterocycles. The van der Waals surface area contributed by atoms with Gasteiger partial charge in [-0.3, -0.25) is 4.99 Å². The number of hydrogen-bond donors (Lipinski definition) is 1. The molecule has 1 atom stereocenters. The van der Waals surface area contributed by atoms with Gasteiger partial charge in [-0.05, 0) is 25.0 Å². The predicted octanol–water partition coefficient (Wildman–Crippen LogP) is 2.69. The Balaban J connectivity index is 0.00000364. The summed E-state index contributed by atoms with van der Waals surface area (Å²) in [6, 6.07) is 10.5. The summed E-state index contributed by atoms with van der Waals surface area (Å²) < 4.78 is 10.7. The Morgan fingerprint density at radius 2 is 2.07 bits per heavy atom. The third kappa shape index (κ3) is 8.66. The Morgan fingerprint density at radius 3 is 2.78 bits per heavy atom. The molecule has 0 radical (unpaired) electrons. The second-order valence-corrected chi connectivity index (χ2v) is 6.75. The third-order valence-electron chi connectivity index (χ3n) is 4.73. The van der Waals surface area contributed by atoms with Crippen molar-refractivity contribution in [2.24, 2.45) is 10.9 Å². The minimum Gasteiger partial charge on any atom is -0.382 e. The highest BCUT2D eigenvalue weighted by Crippen LogP contribution is 2.16. The Bertz CT molecular complexity index is 530. The van der Waals surface area contributed by atoms with Gasteiger partial charge in [-0.25, -0.2) is 0 Å². The number of halogens is 1. The number of methoxy groups -OCH3 is 1. The van der Waals surface area contributed by atoms with Gasteiger partial charge in [0.25, 0.3) is 0 Å². The van der Waals surface area contributed by atoms with Gasteiger partial charge in [0.05, 0.1) is 19.8 Å². The van der Waals surface area contributed by atoms with Crippen LogP contribution >= 0.6 is 24.0 Å². The zero-order chi connectivity index (χ0) is 18.6. The molecular formula is C20H35IN4O2. The number of rotatable bonds is 10. The van der Waals surface area contributed by atoms with Crippen LogP contribution in [0.25, 0.3) is 0 Å². The molecule has 0 bridgehead atoms. The first-order valence-electron chi connectivity index (χ1n) is 9.53. The molecule has 1 aromatic carbocycles. The summed E-state index contributed by atoms with van der Waals surface area (Å²) in [6.07, 6.45) is 2.23. The molecule has 7 heteroatoms. The van der Waals surface area contributed by atoms with Gasteiger partial charge < -0.3 is 24.6 Å². The van der Waals surface area contributed by atoms with Crippen molar-refractivity contribution in [3.8, 4) is 0 Å². The molecule has 1 saturated heterocycles. The molecule has 154 valence electrons. The number of aliphatic imine (C=N–C) groups is 1. The first-order chi connectivity index (χ1) is 12.7. The molecule has 0 spiro atoms. The number of hydrogen-bond acceptors (Lipinski definition) is 4. The van der Waals surface area contributed by atoms with Crippen LogP contribution in [0.2, 0.25) is 0 Å². The van der Waals surface area contributed by atoms with Crippen LogP contribution in [0.15, 0.2) is 35.3 Å². The smallest absolute Gasteiger partial charge is 0.193 e. The minimum absolute atomic E-state index is 0. The maximum atomic E-state index is 5.67. The summed E-state index contributed by atoms with van der Waals surface area (Å²) in [5, 5.41) is 3.50. The number of nitrogens with one attached hydrogen (secondary N) is 1. The number of nitrogens with zero attached hydrogens (tertiary/aromatic N) is 3. The zero-order valence-electron chi connectivity index (χ0n) is 16.9. The summed E-state index contributed by atoms with van der Waals surface area (Å²) in [5.41, 5.74) is 1.26. The van der Waals surface area contributed by atoms with Crippen LogP contribution in [0.1, 0.15) is 12.8 Å².